The molecule has 2 aromatic rings. The van der Waals surface area contributed by atoms with Crippen LogP contribution in [0.5, 0.6) is 5.75 Å². The van der Waals surface area contributed by atoms with Crippen LogP contribution in [0.1, 0.15) is 30.4 Å². The summed E-state index contributed by atoms with van der Waals surface area (Å²) in [5.74, 6) is 1.21. The number of hydrogen-bond acceptors (Lipinski definition) is 6. The summed E-state index contributed by atoms with van der Waals surface area (Å²) in [6.45, 7) is 5.12. The molecule has 25 heavy (non-hydrogen) atoms. The average Bonchev–Trinajstić information content (AvgIpc) is 3.02. The van der Waals surface area contributed by atoms with Crippen LogP contribution in [0.2, 0.25) is 0 Å². The molecule has 6 nitrogen and oxygen atoms in total. The molecule has 0 unspecified atom stereocenters. The van der Waals surface area contributed by atoms with Crippen molar-refractivity contribution in [1.29, 1.82) is 0 Å². The smallest absolute Gasteiger partial charge is 0.235 e. The van der Waals surface area contributed by atoms with Crippen LogP contribution in [-0.4, -0.2) is 39.5 Å². The maximum atomic E-state index is 5.78. The van der Waals surface area contributed by atoms with Gasteiger partial charge in [-0.15, -0.1) is 0 Å². The van der Waals surface area contributed by atoms with Gasteiger partial charge in [-0.2, -0.15) is 0 Å². The molecule has 1 fully saturated rings. The Morgan fingerprint density at radius 1 is 1.12 bits per heavy atom. The fraction of sp³-hybridized carbons (Fsp3) is 0.421. The van der Waals surface area contributed by atoms with E-state index in [9.17, 15) is 0 Å². The highest BCUT2D eigenvalue weighted by Gasteiger charge is 2.43. The van der Waals surface area contributed by atoms with E-state index in [0.717, 1.165) is 32.5 Å². The van der Waals surface area contributed by atoms with Crippen molar-refractivity contribution in [2.75, 3.05) is 13.1 Å². The summed E-state index contributed by atoms with van der Waals surface area (Å²) in [5.41, 5.74) is 2.45. The summed E-state index contributed by atoms with van der Waals surface area (Å²) in [6.07, 6.45) is 7.36. The third-order valence-corrected chi connectivity index (χ3v) is 4.88. The summed E-state index contributed by atoms with van der Waals surface area (Å²) in [7, 11) is 0. The molecular formula is C19H22N4O2. The van der Waals surface area contributed by atoms with Crippen LogP contribution in [0.15, 0.2) is 48.1 Å². The van der Waals surface area contributed by atoms with Crippen molar-refractivity contribution in [2.45, 2.75) is 38.3 Å². The molecule has 3 heterocycles. The number of piperidine rings is 1. The fourth-order valence-corrected chi connectivity index (χ4v) is 3.36. The monoisotopic (exact) mass is 338 g/mol. The number of ether oxygens (including phenoxy) is 1. The molecule has 2 aliphatic heterocycles. The quantitative estimate of drug-likeness (QED) is 0.861. The first-order valence-electron chi connectivity index (χ1n) is 8.67. The Balaban J connectivity index is 1.29. The third-order valence-electron chi connectivity index (χ3n) is 4.88. The van der Waals surface area contributed by atoms with Crippen LogP contribution in [0.25, 0.3) is 0 Å². The molecule has 0 radical (unpaired) electrons. The zero-order valence-electron chi connectivity index (χ0n) is 14.4. The number of aryl methyl sites for hydroxylation is 1. The number of rotatable bonds is 3. The number of aromatic nitrogens is 2. The minimum absolute atomic E-state index is 0.214. The van der Waals surface area contributed by atoms with Gasteiger partial charge in [0, 0.05) is 32.5 Å². The minimum Gasteiger partial charge on any atom is -0.436 e. The number of nitrogens with zero attached hydrogens (tertiary/aromatic N) is 4. The summed E-state index contributed by atoms with van der Waals surface area (Å²) in [4.78, 5) is 16.1. The molecule has 2 aliphatic rings. The van der Waals surface area contributed by atoms with Crippen LogP contribution in [0, 0.1) is 6.92 Å². The molecule has 1 aromatic heterocycles. The van der Waals surface area contributed by atoms with Gasteiger partial charge >= 0.3 is 0 Å². The number of hydrogen-bond donors (Lipinski definition) is 0. The van der Waals surface area contributed by atoms with Crippen LogP contribution < -0.4 is 4.74 Å². The van der Waals surface area contributed by atoms with Crippen molar-refractivity contribution in [3.8, 4) is 5.75 Å². The van der Waals surface area contributed by atoms with Crippen molar-refractivity contribution in [3.05, 3.63) is 54.1 Å². The summed E-state index contributed by atoms with van der Waals surface area (Å²) in [6, 6.07) is 8.77. The van der Waals surface area contributed by atoms with Gasteiger partial charge in [-0.25, -0.2) is 9.97 Å². The average molecular weight is 338 g/mol. The molecule has 0 aliphatic carbocycles. The second-order valence-electron chi connectivity index (χ2n) is 6.87. The van der Waals surface area contributed by atoms with E-state index < -0.39 is 0 Å². The van der Waals surface area contributed by atoms with E-state index in [1.54, 1.807) is 12.4 Å². The first-order valence-corrected chi connectivity index (χ1v) is 8.67. The lowest BCUT2D eigenvalue weighted by Crippen LogP contribution is -2.44. The molecule has 0 amide bonds. The highest BCUT2D eigenvalue weighted by Crippen LogP contribution is 2.35. The van der Waals surface area contributed by atoms with Gasteiger partial charge < -0.3 is 9.57 Å². The number of oxime groups is 1. The van der Waals surface area contributed by atoms with Gasteiger partial charge in [0.05, 0.1) is 18.8 Å². The zero-order valence-corrected chi connectivity index (χ0v) is 14.4. The van der Waals surface area contributed by atoms with Crippen molar-refractivity contribution < 1.29 is 9.57 Å². The molecule has 0 atom stereocenters. The standard InChI is InChI=1S/C19H22N4O2/c1-15-2-4-16(5-3-15)13-23-8-6-19(7-9-23)10-18(22-25-19)24-17-11-20-14-21-12-17/h2-5,11-12,14H,6-10,13H2,1H3. The second-order valence-corrected chi connectivity index (χ2v) is 6.87. The predicted molar refractivity (Wildman–Crippen MR) is 94.2 cm³/mol. The van der Waals surface area contributed by atoms with Gasteiger partial charge in [0.1, 0.15) is 11.9 Å². The topological polar surface area (TPSA) is 59.8 Å². The Bertz CT molecular complexity index is 738. The van der Waals surface area contributed by atoms with Gasteiger partial charge in [-0.05, 0) is 12.5 Å². The Kier molecular flexibility index (Phi) is 4.36. The number of benzene rings is 1. The molecule has 4 rings (SSSR count). The van der Waals surface area contributed by atoms with Crippen LogP contribution in [0.3, 0.4) is 0 Å². The van der Waals surface area contributed by atoms with E-state index in [0.29, 0.717) is 18.1 Å². The lowest BCUT2D eigenvalue weighted by molar-refractivity contribution is -0.0627. The highest BCUT2D eigenvalue weighted by atomic mass is 16.7. The third kappa shape index (κ3) is 3.79. The maximum absolute atomic E-state index is 5.78. The molecule has 0 bridgehead atoms. The van der Waals surface area contributed by atoms with E-state index >= 15 is 0 Å². The first-order chi connectivity index (χ1) is 12.2. The van der Waals surface area contributed by atoms with Gasteiger partial charge in [0.15, 0.2) is 5.75 Å². The lowest BCUT2D eigenvalue weighted by Gasteiger charge is -2.37. The van der Waals surface area contributed by atoms with E-state index in [1.165, 1.54) is 17.5 Å². The number of likely N-dealkylation sites (tertiary alicyclic amines) is 1. The van der Waals surface area contributed by atoms with Crippen molar-refractivity contribution in [3.63, 3.8) is 0 Å². The second kappa shape index (κ2) is 6.80. The SMILES string of the molecule is Cc1ccc(CN2CCC3(CC2)CC(Oc2cncnc2)=NO3)cc1. The Labute approximate surface area is 147 Å². The first kappa shape index (κ1) is 16.0. The van der Waals surface area contributed by atoms with E-state index in [-0.39, 0.29) is 5.60 Å². The van der Waals surface area contributed by atoms with Crippen LogP contribution in [-0.2, 0) is 11.4 Å². The molecule has 1 aromatic carbocycles. The van der Waals surface area contributed by atoms with Gasteiger partial charge in [-0.3, -0.25) is 4.90 Å². The zero-order chi connectivity index (χ0) is 17.1. The molecule has 0 saturated carbocycles. The predicted octanol–water partition coefficient (Wildman–Crippen LogP) is 2.93. The van der Waals surface area contributed by atoms with Crippen LogP contribution >= 0.6 is 0 Å². The Morgan fingerprint density at radius 2 is 1.84 bits per heavy atom. The minimum atomic E-state index is -0.214. The van der Waals surface area contributed by atoms with Gasteiger partial charge in [-0.1, -0.05) is 35.0 Å². The fourth-order valence-electron chi connectivity index (χ4n) is 3.36. The van der Waals surface area contributed by atoms with E-state index in [4.69, 9.17) is 9.57 Å². The summed E-state index contributed by atoms with van der Waals surface area (Å²) in [5, 5.41) is 4.15. The summed E-state index contributed by atoms with van der Waals surface area (Å²) >= 11 is 0. The van der Waals surface area contributed by atoms with Crippen molar-refractivity contribution >= 4 is 5.90 Å². The van der Waals surface area contributed by atoms with Gasteiger partial charge in [0.25, 0.3) is 0 Å². The highest BCUT2D eigenvalue weighted by molar-refractivity contribution is 5.80. The normalized spacial score (nSPS) is 19.5. The van der Waals surface area contributed by atoms with Crippen molar-refractivity contribution in [2.24, 2.45) is 5.16 Å². The van der Waals surface area contributed by atoms with Gasteiger partial charge in [0.2, 0.25) is 5.90 Å². The Hall–Kier alpha value is -2.47. The maximum Gasteiger partial charge on any atom is 0.235 e. The molecular weight excluding hydrogens is 316 g/mol. The molecule has 6 heteroatoms. The van der Waals surface area contributed by atoms with Crippen LogP contribution in [0.4, 0.5) is 0 Å². The Morgan fingerprint density at radius 3 is 2.56 bits per heavy atom. The largest absolute Gasteiger partial charge is 0.436 e. The molecule has 1 spiro atoms. The molecule has 0 N–H and O–H groups in total. The van der Waals surface area contributed by atoms with E-state index in [1.807, 2.05) is 0 Å². The van der Waals surface area contributed by atoms with E-state index in [2.05, 4.69) is 51.2 Å². The molecule has 1 saturated heterocycles. The molecule has 130 valence electrons. The van der Waals surface area contributed by atoms with Crippen molar-refractivity contribution in [1.82, 2.24) is 14.9 Å². The lowest BCUT2D eigenvalue weighted by atomic mass is 9.88. The summed E-state index contributed by atoms with van der Waals surface area (Å²) < 4.78 is 5.72.